The zero-order valence-electron chi connectivity index (χ0n) is 15.6. The monoisotopic (exact) mass is 568 g/mol. The molecule has 2 aromatic rings. The van der Waals surface area contributed by atoms with E-state index in [1.165, 1.54) is 19.3 Å². The third kappa shape index (κ3) is 8.12. The smallest absolute Gasteiger partial charge is 0.368 e. The molecule has 0 aliphatic heterocycles. The lowest BCUT2D eigenvalue weighted by Gasteiger charge is -2.14. The van der Waals surface area contributed by atoms with Crippen molar-refractivity contribution in [3.63, 3.8) is 0 Å². The van der Waals surface area contributed by atoms with Gasteiger partial charge in [0.25, 0.3) is 0 Å². The third-order valence-electron chi connectivity index (χ3n) is 3.52. The number of aromatic nitrogens is 2. The standard InChI is InChI=1S/C16H18F6N6S.HI/c1-23-14(26-6-4-12-28-11(9-29-12)16(20,21)22)27-8-7-25-13-10(15(17,18)19)3-2-5-24-13;/h2-3,5,9H,4,6-8H2,1H3,(H,24,25)(H2,23,26,27);1H. The van der Waals surface area contributed by atoms with Crippen LogP contribution in [0.4, 0.5) is 32.2 Å². The highest BCUT2D eigenvalue weighted by Gasteiger charge is 2.34. The Morgan fingerprint density at radius 1 is 1.07 bits per heavy atom. The number of alkyl halides is 6. The van der Waals surface area contributed by atoms with Crippen molar-refractivity contribution in [3.8, 4) is 0 Å². The van der Waals surface area contributed by atoms with Gasteiger partial charge in [-0.1, -0.05) is 0 Å². The van der Waals surface area contributed by atoms with Crippen LogP contribution in [0, 0.1) is 0 Å². The fourth-order valence-corrected chi connectivity index (χ4v) is 3.01. The highest BCUT2D eigenvalue weighted by molar-refractivity contribution is 14.0. The van der Waals surface area contributed by atoms with Gasteiger partial charge in [-0.2, -0.15) is 26.3 Å². The number of hydrogen-bond donors (Lipinski definition) is 3. The molecule has 0 bridgehead atoms. The van der Waals surface area contributed by atoms with Crippen molar-refractivity contribution >= 4 is 47.1 Å². The molecule has 0 spiro atoms. The summed E-state index contributed by atoms with van der Waals surface area (Å²) in [6, 6.07) is 2.14. The lowest BCUT2D eigenvalue weighted by atomic mass is 10.2. The van der Waals surface area contributed by atoms with Crippen LogP contribution >= 0.6 is 35.3 Å². The van der Waals surface area contributed by atoms with Gasteiger partial charge in [-0.05, 0) is 12.1 Å². The van der Waals surface area contributed by atoms with E-state index in [1.807, 2.05) is 0 Å². The summed E-state index contributed by atoms with van der Waals surface area (Å²) in [5, 5.41) is 9.68. The van der Waals surface area contributed by atoms with Gasteiger partial charge in [-0.3, -0.25) is 4.99 Å². The Labute approximate surface area is 189 Å². The van der Waals surface area contributed by atoms with Crippen LogP contribution in [0.2, 0.25) is 0 Å². The number of anilines is 1. The zero-order chi connectivity index (χ0) is 21.5. The second-order valence-corrected chi connectivity index (χ2v) is 6.57. The van der Waals surface area contributed by atoms with E-state index in [0.717, 1.165) is 22.8 Å². The quantitative estimate of drug-likeness (QED) is 0.155. The van der Waals surface area contributed by atoms with Crippen LogP contribution in [0.3, 0.4) is 0 Å². The zero-order valence-corrected chi connectivity index (χ0v) is 18.7. The van der Waals surface area contributed by atoms with Crippen molar-refractivity contribution in [2.75, 3.05) is 32.0 Å². The SMILES string of the molecule is CN=C(NCCNc1ncccc1C(F)(F)F)NCCc1nc(C(F)(F)F)cs1.I. The minimum Gasteiger partial charge on any atom is -0.368 e. The van der Waals surface area contributed by atoms with Crippen LogP contribution in [0.25, 0.3) is 0 Å². The van der Waals surface area contributed by atoms with E-state index in [4.69, 9.17) is 0 Å². The van der Waals surface area contributed by atoms with Gasteiger partial charge < -0.3 is 16.0 Å². The Kier molecular flexibility index (Phi) is 10.1. The summed E-state index contributed by atoms with van der Waals surface area (Å²) in [7, 11) is 1.49. The van der Waals surface area contributed by atoms with E-state index in [0.29, 0.717) is 11.0 Å². The number of halogens is 7. The molecule has 0 fully saturated rings. The number of guanidine groups is 1. The van der Waals surface area contributed by atoms with Crippen LogP contribution in [0.1, 0.15) is 16.3 Å². The van der Waals surface area contributed by atoms with Gasteiger partial charge in [0, 0.05) is 44.7 Å². The van der Waals surface area contributed by atoms with Gasteiger partial charge in [0.15, 0.2) is 11.7 Å². The van der Waals surface area contributed by atoms with Gasteiger partial charge in [-0.25, -0.2) is 9.97 Å². The molecule has 0 aliphatic rings. The molecule has 0 saturated carbocycles. The van der Waals surface area contributed by atoms with Crippen LogP contribution in [0.15, 0.2) is 28.7 Å². The molecule has 3 N–H and O–H groups in total. The molecular weight excluding hydrogens is 549 g/mol. The van der Waals surface area contributed by atoms with E-state index in [-0.39, 0.29) is 55.8 Å². The minimum absolute atomic E-state index is 0. The maximum absolute atomic E-state index is 12.9. The van der Waals surface area contributed by atoms with Crippen molar-refractivity contribution < 1.29 is 26.3 Å². The van der Waals surface area contributed by atoms with Crippen molar-refractivity contribution in [3.05, 3.63) is 40.0 Å². The van der Waals surface area contributed by atoms with Gasteiger partial charge in [0.1, 0.15) is 5.82 Å². The van der Waals surface area contributed by atoms with E-state index in [9.17, 15) is 26.3 Å². The first-order valence-electron chi connectivity index (χ1n) is 8.33. The summed E-state index contributed by atoms with van der Waals surface area (Å²) in [4.78, 5) is 11.2. The lowest BCUT2D eigenvalue weighted by Crippen LogP contribution is -2.40. The molecule has 0 radical (unpaired) electrons. The van der Waals surface area contributed by atoms with Crippen LogP contribution in [0.5, 0.6) is 0 Å². The maximum atomic E-state index is 12.9. The molecule has 2 rings (SSSR count). The van der Waals surface area contributed by atoms with Crippen molar-refractivity contribution in [1.82, 2.24) is 20.6 Å². The largest absolute Gasteiger partial charge is 0.434 e. The minimum atomic E-state index is -4.51. The summed E-state index contributed by atoms with van der Waals surface area (Å²) in [5.41, 5.74) is -1.77. The summed E-state index contributed by atoms with van der Waals surface area (Å²) in [6.45, 7) is 0.668. The molecule has 2 heterocycles. The van der Waals surface area contributed by atoms with E-state index in [2.05, 4.69) is 30.9 Å². The molecule has 0 saturated heterocycles. The van der Waals surface area contributed by atoms with E-state index in [1.54, 1.807) is 0 Å². The fraction of sp³-hybridized carbons (Fsp3) is 0.438. The summed E-state index contributed by atoms with van der Waals surface area (Å²) >= 11 is 0.918. The molecule has 14 heteroatoms. The second kappa shape index (κ2) is 11.5. The van der Waals surface area contributed by atoms with Crippen LogP contribution in [-0.4, -0.2) is 42.6 Å². The van der Waals surface area contributed by atoms with Crippen molar-refractivity contribution in [2.45, 2.75) is 18.8 Å². The number of aliphatic imine (C=N–C) groups is 1. The first-order chi connectivity index (χ1) is 13.6. The Balaban J connectivity index is 0.00000450. The molecule has 0 amide bonds. The van der Waals surface area contributed by atoms with E-state index < -0.39 is 23.6 Å². The Morgan fingerprint density at radius 3 is 2.37 bits per heavy atom. The van der Waals surface area contributed by atoms with Crippen LogP contribution in [-0.2, 0) is 18.8 Å². The molecular formula is C16H19F6IN6S. The second-order valence-electron chi connectivity index (χ2n) is 5.62. The van der Waals surface area contributed by atoms with Gasteiger partial charge in [0.2, 0.25) is 0 Å². The predicted molar refractivity (Wildman–Crippen MR) is 113 cm³/mol. The molecule has 0 aromatic carbocycles. The predicted octanol–water partition coefficient (Wildman–Crippen LogP) is 4.01. The lowest BCUT2D eigenvalue weighted by molar-refractivity contribution is -0.141. The molecule has 30 heavy (non-hydrogen) atoms. The first-order valence-corrected chi connectivity index (χ1v) is 9.21. The summed E-state index contributed by atoms with van der Waals surface area (Å²) in [6.07, 6.45) is -7.45. The Morgan fingerprint density at radius 2 is 1.77 bits per heavy atom. The number of hydrogen-bond acceptors (Lipinski definition) is 5. The molecule has 168 valence electrons. The van der Waals surface area contributed by atoms with Gasteiger partial charge >= 0.3 is 12.4 Å². The topological polar surface area (TPSA) is 74.2 Å². The Bertz CT molecular complexity index is 823. The highest BCUT2D eigenvalue weighted by atomic mass is 127. The van der Waals surface area contributed by atoms with Gasteiger partial charge in [0.05, 0.1) is 10.6 Å². The average molecular weight is 568 g/mol. The summed E-state index contributed by atoms with van der Waals surface area (Å²) < 4.78 is 76.2. The molecule has 0 atom stereocenters. The fourth-order valence-electron chi connectivity index (χ4n) is 2.20. The third-order valence-corrected chi connectivity index (χ3v) is 4.43. The number of rotatable bonds is 7. The van der Waals surface area contributed by atoms with Crippen molar-refractivity contribution in [1.29, 1.82) is 0 Å². The first kappa shape index (κ1) is 26.2. The molecule has 0 unspecified atom stereocenters. The number of pyridine rings is 1. The maximum Gasteiger partial charge on any atom is 0.434 e. The number of thiazole rings is 1. The van der Waals surface area contributed by atoms with Crippen LogP contribution < -0.4 is 16.0 Å². The average Bonchev–Trinajstić information content (AvgIpc) is 3.12. The van der Waals surface area contributed by atoms with Crippen molar-refractivity contribution in [2.24, 2.45) is 4.99 Å². The number of nitrogens with zero attached hydrogens (tertiary/aromatic N) is 3. The van der Waals surface area contributed by atoms with E-state index >= 15 is 0 Å². The molecule has 6 nitrogen and oxygen atoms in total. The Hall–Kier alpha value is -1.84. The number of nitrogens with one attached hydrogen (secondary N) is 3. The normalized spacial score (nSPS) is 12.3. The molecule has 0 aliphatic carbocycles. The highest BCUT2D eigenvalue weighted by Crippen LogP contribution is 2.33. The summed E-state index contributed by atoms with van der Waals surface area (Å²) in [5.74, 6) is 0.0884. The van der Waals surface area contributed by atoms with Gasteiger partial charge in [-0.15, -0.1) is 35.3 Å². The molecule has 2 aromatic heterocycles.